The van der Waals surface area contributed by atoms with E-state index in [0.29, 0.717) is 28.1 Å². The van der Waals surface area contributed by atoms with E-state index in [9.17, 15) is 19.8 Å². The number of hydrogen-bond acceptors (Lipinski definition) is 5. The second-order valence-corrected chi connectivity index (χ2v) is 9.55. The summed E-state index contributed by atoms with van der Waals surface area (Å²) in [5, 5.41) is 27.8. The van der Waals surface area contributed by atoms with Crippen LogP contribution in [0.25, 0.3) is 10.9 Å². The molecule has 1 aliphatic heterocycles. The Morgan fingerprint density at radius 2 is 2.13 bits per heavy atom. The summed E-state index contributed by atoms with van der Waals surface area (Å²) in [5.41, 5.74) is 0.247. The molecule has 4 N–H and O–H groups in total. The highest BCUT2D eigenvalue weighted by molar-refractivity contribution is 6.36. The van der Waals surface area contributed by atoms with Gasteiger partial charge >= 0.3 is 5.97 Å². The molecule has 1 aromatic carbocycles. The number of benzene rings is 1. The smallest absolute Gasteiger partial charge is 0.341 e. The van der Waals surface area contributed by atoms with E-state index in [2.05, 4.69) is 17.6 Å². The largest absolute Gasteiger partial charge is 0.508 e. The SMILES string of the molecule is CN[C@@H](C)[C@H]1CNC2(CC2c2c(O)cc3c(=O)c(C(=O)O)cn(C4CC4)c3c2Cl)C1. The first-order chi connectivity index (χ1) is 14.3. The fourth-order valence-electron chi connectivity index (χ4n) is 5.24. The molecule has 2 heterocycles. The van der Waals surface area contributed by atoms with Crippen molar-refractivity contribution in [3.8, 4) is 5.75 Å². The second-order valence-electron chi connectivity index (χ2n) is 9.17. The summed E-state index contributed by atoms with van der Waals surface area (Å²) in [6.45, 7) is 3.09. The number of aromatic nitrogens is 1. The summed E-state index contributed by atoms with van der Waals surface area (Å²) < 4.78 is 1.83. The monoisotopic (exact) mass is 431 g/mol. The summed E-state index contributed by atoms with van der Waals surface area (Å²) in [6, 6.07) is 1.95. The predicted octanol–water partition coefficient (Wildman–Crippen LogP) is 2.84. The number of carboxylic acid groups (broad SMARTS) is 1. The van der Waals surface area contributed by atoms with Gasteiger partial charge in [0.25, 0.3) is 0 Å². The molecule has 0 bridgehead atoms. The van der Waals surface area contributed by atoms with Gasteiger partial charge in [0.2, 0.25) is 5.43 Å². The molecule has 3 fully saturated rings. The average molecular weight is 432 g/mol. The molecule has 1 aromatic heterocycles. The van der Waals surface area contributed by atoms with Crippen LogP contribution < -0.4 is 16.1 Å². The maximum absolute atomic E-state index is 12.8. The van der Waals surface area contributed by atoms with Gasteiger partial charge in [0.1, 0.15) is 11.3 Å². The fraction of sp³-hybridized carbons (Fsp3) is 0.545. The van der Waals surface area contributed by atoms with E-state index in [0.717, 1.165) is 32.2 Å². The van der Waals surface area contributed by atoms with Crippen molar-refractivity contribution in [1.29, 1.82) is 0 Å². The van der Waals surface area contributed by atoms with E-state index in [1.54, 1.807) is 0 Å². The van der Waals surface area contributed by atoms with Gasteiger partial charge in [-0.2, -0.15) is 0 Å². The number of pyridine rings is 1. The molecular weight excluding hydrogens is 406 g/mol. The molecule has 2 aromatic rings. The van der Waals surface area contributed by atoms with Crippen molar-refractivity contribution in [2.24, 2.45) is 5.92 Å². The van der Waals surface area contributed by atoms with E-state index < -0.39 is 11.4 Å². The van der Waals surface area contributed by atoms with Crippen LogP contribution in [0.2, 0.25) is 5.02 Å². The number of carboxylic acids is 1. The minimum atomic E-state index is -1.27. The molecule has 5 rings (SSSR count). The van der Waals surface area contributed by atoms with E-state index in [1.165, 1.54) is 12.3 Å². The molecule has 0 radical (unpaired) electrons. The van der Waals surface area contributed by atoms with Gasteiger partial charge in [-0.1, -0.05) is 11.6 Å². The van der Waals surface area contributed by atoms with Crippen LogP contribution in [0.5, 0.6) is 5.75 Å². The molecule has 30 heavy (non-hydrogen) atoms. The van der Waals surface area contributed by atoms with E-state index in [-0.39, 0.29) is 34.2 Å². The Balaban J connectivity index is 1.62. The highest BCUT2D eigenvalue weighted by Gasteiger charge is 2.60. The lowest BCUT2D eigenvalue weighted by atomic mass is 9.94. The molecule has 2 aliphatic carbocycles. The van der Waals surface area contributed by atoms with Crippen molar-refractivity contribution in [3.05, 3.63) is 38.6 Å². The molecule has 3 aliphatic rings. The van der Waals surface area contributed by atoms with Gasteiger partial charge in [-0.25, -0.2) is 4.79 Å². The summed E-state index contributed by atoms with van der Waals surface area (Å²) in [5.74, 6) is -0.713. The number of phenols is 1. The third-order valence-electron chi connectivity index (χ3n) is 7.37. The topological polar surface area (TPSA) is 104 Å². The van der Waals surface area contributed by atoms with E-state index in [4.69, 9.17) is 11.6 Å². The first kappa shape index (κ1) is 19.8. The number of rotatable bonds is 5. The molecule has 1 saturated heterocycles. The fourth-order valence-corrected chi connectivity index (χ4v) is 5.67. The summed E-state index contributed by atoms with van der Waals surface area (Å²) in [7, 11) is 1.97. The number of fused-ring (bicyclic) bond motifs is 1. The number of nitrogens with zero attached hydrogens (tertiary/aromatic N) is 1. The highest BCUT2D eigenvalue weighted by Crippen LogP contribution is 2.61. The number of aromatic carboxylic acids is 1. The molecule has 1 spiro atoms. The lowest BCUT2D eigenvalue weighted by Gasteiger charge is -2.19. The zero-order chi connectivity index (χ0) is 21.4. The van der Waals surface area contributed by atoms with Crippen molar-refractivity contribution in [1.82, 2.24) is 15.2 Å². The predicted molar refractivity (Wildman–Crippen MR) is 115 cm³/mol. The maximum Gasteiger partial charge on any atom is 0.341 e. The van der Waals surface area contributed by atoms with Crippen molar-refractivity contribution >= 4 is 28.5 Å². The van der Waals surface area contributed by atoms with Crippen molar-refractivity contribution in [3.63, 3.8) is 0 Å². The third kappa shape index (κ3) is 2.87. The second kappa shape index (κ2) is 6.70. The van der Waals surface area contributed by atoms with Gasteiger partial charge in [0, 0.05) is 41.8 Å². The minimum absolute atomic E-state index is 0.0247. The number of phenolic OH excluding ortho intramolecular Hbond substituents is 1. The van der Waals surface area contributed by atoms with Gasteiger partial charge in [-0.3, -0.25) is 4.79 Å². The van der Waals surface area contributed by atoms with Crippen LogP contribution in [0, 0.1) is 5.92 Å². The van der Waals surface area contributed by atoms with Crippen molar-refractivity contribution in [2.75, 3.05) is 13.6 Å². The first-order valence-electron chi connectivity index (χ1n) is 10.5. The summed E-state index contributed by atoms with van der Waals surface area (Å²) in [4.78, 5) is 24.4. The zero-order valence-corrected chi connectivity index (χ0v) is 17.8. The van der Waals surface area contributed by atoms with Gasteiger partial charge in [-0.05, 0) is 51.6 Å². The summed E-state index contributed by atoms with van der Waals surface area (Å²) >= 11 is 6.84. The number of nitrogens with one attached hydrogen (secondary N) is 2. The Hall–Kier alpha value is -2.09. The van der Waals surface area contributed by atoms with Gasteiger partial charge in [0.15, 0.2) is 0 Å². The molecule has 2 unspecified atom stereocenters. The molecule has 4 atom stereocenters. The maximum atomic E-state index is 12.8. The Morgan fingerprint density at radius 1 is 1.40 bits per heavy atom. The van der Waals surface area contributed by atoms with Crippen LogP contribution in [-0.2, 0) is 0 Å². The quantitative estimate of drug-likeness (QED) is 0.580. The van der Waals surface area contributed by atoms with Crippen LogP contribution in [0.3, 0.4) is 0 Å². The molecule has 0 amide bonds. The van der Waals surface area contributed by atoms with Gasteiger partial charge < -0.3 is 25.4 Å². The molecule has 160 valence electrons. The van der Waals surface area contributed by atoms with E-state index in [1.807, 2.05) is 11.6 Å². The normalized spacial score (nSPS) is 28.9. The molecular formula is C22H26ClN3O4. The van der Waals surface area contributed by atoms with Crippen LogP contribution in [-0.4, -0.2) is 45.9 Å². The van der Waals surface area contributed by atoms with Crippen LogP contribution in [0.15, 0.2) is 17.1 Å². The lowest BCUT2D eigenvalue weighted by Crippen LogP contribution is -2.31. The Bertz CT molecular complexity index is 1130. The number of hydrogen-bond donors (Lipinski definition) is 4. The Kier molecular flexibility index (Phi) is 4.44. The Morgan fingerprint density at radius 3 is 2.77 bits per heavy atom. The molecule has 8 heteroatoms. The number of halogens is 1. The zero-order valence-electron chi connectivity index (χ0n) is 17.0. The van der Waals surface area contributed by atoms with Crippen molar-refractivity contribution in [2.45, 2.75) is 56.1 Å². The lowest BCUT2D eigenvalue weighted by molar-refractivity contribution is 0.0695. The summed E-state index contributed by atoms with van der Waals surface area (Å²) in [6.07, 6.45) is 5.14. The van der Waals surface area contributed by atoms with Crippen LogP contribution in [0.1, 0.15) is 60.5 Å². The van der Waals surface area contributed by atoms with Gasteiger partial charge in [0.05, 0.1) is 15.9 Å². The average Bonchev–Trinajstić information content (AvgIpc) is 3.60. The van der Waals surface area contributed by atoms with Gasteiger partial charge in [-0.15, -0.1) is 0 Å². The first-order valence-corrected chi connectivity index (χ1v) is 10.9. The standard InChI is InChI=1S/C22H26ClN3O4/c1-10(24-2)11-6-22(25-8-11)7-15(22)17-16(27)5-13-19(18(17)23)26(12-3-4-12)9-14(20(13)28)21(29)30/h5,9-12,15,24-25,27H,3-4,6-8H2,1-2H3,(H,29,30)/t10-,11+,15?,22?/m0/s1. The van der Waals surface area contributed by atoms with Crippen molar-refractivity contribution < 1.29 is 15.0 Å². The Labute approximate surface area is 179 Å². The van der Waals surface area contributed by atoms with Crippen LogP contribution in [0.4, 0.5) is 0 Å². The van der Waals surface area contributed by atoms with E-state index >= 15 is 0 Å². The minimum Gasteiger partial charge on any atom is -0.508 e. The highest BCUT2D eigenvalue weighted by atomic mass is 35.5. The third-order valence-corrected chi connectivity index (χ3v) is 7.75. The number of carbonyl (C=O) groups is 1. The van der Waals surface area contributed by atoms with Crippen LogP contribution >= 0.6 is 11.6 Å². The number of aromatic hydroxyl groups is 1. The molecule has 2 saturated carbocycles. The molecule has 7 nitrogen and oxygen atoms in total.